The molecular formula is C5H10O2. The molecule has 0 aromatic heterocycles. The third-order valence-electron chi connectivity index (χ3n) is 1.49. The van der Waals surface area contributed by atoms with Gasteiger partial charge in [-0.25, -0.2) is 0 Å². The minimum absolute atomic E-state index is 0.111. The lowest BCUT2D eigenvalue weighted by atomic mass is 10.1. The van der Waals surface area contributed by atoms with Crippen molar-refractivity contribution < 1.29 is 9.84 Å². The molecule has 1 N–H and O–H groups in total. The Morgan fingerprint density at radius 1 is 1.86 bits per heavy atom. The Bertz CT molecular complexity index is 60.5. The highest BCUT2D eigenvalue weighted by Crippen LogP contribution is 2.28. The van der Waals surface area contributed by atoms with E-state index in [9.17, 15) is 0 Å². The molecule has 7 heavy (non-hydrogen) atoms. The molecule has 0 aromatic rings. The molecule has 0 radical (unpaired) electrons. The van der Waals surface area contributed by atoms with E-state index in [0.717, 1.165) is 13.0 Å². The van der Waals surface area contributed by atoms with Crippen LogP contribution in [0.4, 0.5) is 0 Å². The van der Waals surface area contributed by atoms with Crippen LogP contribution in [-0.2, 0) is 4.74 Å². The van der Waals surface area contributed by atoms with Crippen molar-refractivity contribution in [1.82, 2.24) is 0 Å². The molecule has 42 valence electrons. The number of hydrogen-bond donors (Lipinski definition) is 1. The van der Waals surface area contributed by atoms with Gasteiger partial charge in [-0.1, -0.05) is 6.92 Å². The third kappa shape index (κ3) is 0.763. The Hall–Kier alpha value is -0.0800. The van der Waals surface area contributed by atoms with Crippen LogP contribution in [0.1, 0.15) is 13.3 Å². The zero-order valence-electron chi connectivity index (χ0n) is 4.48. The van der Waals surface area contributed by atoms with Gasteiger partial charge in [-0.2, -0.15) is 0 Å². The second-order valence-corrected chi connectivity index (χ2v) is 1.98. The second-order valence-electron chi connectivity index (χ2n) is 1.98. The number of rotatable bonds is 2. The SMILES string of the molecule is CCC1(CO)CO1. The van der Waals surface area contributed by atoms with Gasteiger partial charge in [0.2, 0.25) is 0 Å². The predicted molar refractivity (Wildman–Crippen MR) is 26.1 cm³/mol. The Morgan fingerprint density at radius 2 is 2.43 bits per heavy atom. The molecule has 0 aromatic carbocycles. The average Bonchev–Trinajstić information content (AvgIpc) is 2.46. The van der Waals surface area contributed by atoms with E-state index in [2.05, 4.69) is 0 Å². The van der Waals surface area contributed by atoms with Gasteiger partial charge in [0.25, 0.3) is 0 Å². The van der Waals surface area contributed by atoms with Crippen LogP contribution in [-0.4, -0.2) is 23.9 Å². The van der Waals surface area contributed by atoms with E-state index in [0.29, 0.717) is 0 Å². The normalized spacial score (nSPS) is 38.6. The molecule has 1 saturated heterocycles. The second kappa shape index (κ2) is 1.46. The fourth-order valence-electron chi connectivity index (χ4n) is 0.509. The van der Waals surface area contributed by atoms with Crippen LogP contribution < -0.4 is 0 Å². The Labute approximate surface area is 43.1 Å². The lowest BCUT2D eigenvalue weighted by Gasteiger charge is -1.99. The largest absolute Gasteiger partial charge is 0.393 e. The highest BCUT2D eigenvalue weighted by atomic mass is 16.6. The van der Waals surface area contributed by atoms with Gasteiger partial charge >= 0.3 is 0 Å². The highest BCUT2D eigenvalue weighted by Gasteiger charge is 2.41. The van der Waals surface area contributed by atoms with Gasteiger partial charge in [0.1, 0.15) is 5.60 Å². The Morgan fingerprint density at radius 3 is 2.43 bits per heavy atom. The molecule has 2 heteroatoms. The summed E-state index contributed by atoms with van der Waals surface area (Å²) in [4.78, 5) is 0. The summed E-state index contributed by atoms with van der Waals surface area (Å²) in [6, 6.07) is 0. The fourth-order valence-corrected chi connectivity index (χ4v) is 0.509. The molecule has 1 rings (SSSR count). The maximum Gasteiger partial charge on any atom is 0.114 e. The fraction of sp³-hybridized carbons (Fsp3) is 1.00. The number of aliphatic hydroxyl groups excluding tert-OH is 1. The minimum atomic E-state index is -0.111. The van der Waals surface area contributed by atoms with Crippen molar-refractivity contribution >= 4 is 0 Å². The third-order valence-corrected chi connectivity index (χ3v) is 1.49. The first-order valence-electron chi connectivity index (χ1n) is 2.58. The van der Waals surface area contributed by atoms with E-state index in [-0.39, 0.29) is 12.2 Å². The molecule has 2 nitrogen and oxygen atoms in total. The molecule has 1 aliphatic rings. The summed E-state index contributed by atoms with van der Waals surface area (Å²) in [7, 11) is 0. The molecule has 1 atom stereocenters. The molecule has 0 bridgehead atoms. The summed E-state index contributed by atoms with van der Waals surface area (Å²) in [6.45, 7) is 2.95. The standard InChI is InChI=1S/C5H10O2/c1-2-5(3-6)4-7-5/h6H,2-4H2,1H3. The van der Waals surface area contributed by atoms with E-state index in [1.165, 1.54) is 0 Å². The van der Waals surface area contributed by atoms with Crippen molar-refractivity contribution in [1.29, 1.82) is 0 Å². The maximum atomic E-state index is 8.53. The number of epoxide rings is 1. The van der Waals surface area contributed by atoms with Crippen LogP contribution in [0.5, 0.6) is 0 Å². The van der Waals surface area contributed by atoms with Gasteiger partial charge in [0.05, 0.1) is 13.2 Å². The van der Waals surface area contributed by atoms with E-state index in [1.54, 1.807) is 0 Å². The van der Waals surface area contributed by atoms with Crippen molar-refractivity contribution in [2.24, 2.45) is 0 Å². The maximum absolute atomic E-state index is 8.53. The topological polar surface area (TPSA) is 32.8 Å². The molecule has 1 fully saturated rings. The van der Waals surface area contributed by atoms with Gasteiger partial charge in [-0.3, -0.25) is 0 Å². The quantitative estimate of drug-likeness (QED) is 0.504. The number of ether oxygens (including phenoxy) is 1. The smallest absolute Gasteiger partial charge is 0.114 e. The first kappa shape index (κ1) is 5.06. The molecule has 0 aliphatic carbocycles. The van der Waals surface area contributed by atoms with Crippen molar-refractivity contribution in [3.8, 4) is 0 Å². The lowest BCUT2D eigenvalue weighted by Crippen LogP contribution is -2.13. The summed E-state index contributed by atoms with van der Waals surface area (Å²) in [5.74, 6) is 0. The minimum Gasteiger partial charge on any atom is -0.393 e. The van der Waals surface area contributed by atoms with Crippen LogP contribution in [0.2, 0.25) is 0 Å². The summed E-state index contributed by atoms with van der Waals surface area (Å²) in [5, 5.41) is 8.53. The van der Waals surface area contributed by atoms with Crippen LogP contribution in [0, 0.1) is 0 Å². The molecular weight excluding hydrogens is 92.1 g/mol. The van der Waals surface area contributed by atoms with Crippen molar-refractivity contribution in [3.05, 3.63) is 0 Å². The first-order valence-corrected chi connectivity index (χ1v) is 2.58. The monoisotopic (exact) mass is 102 g/mol. The van der Waals surface area contributed by atoms with Crippen molar-refractivity contribution in [3.63, 3.8) is 0 Å². The zero-order valence-corrected chi connectivity index (χ0v) is 4.48. The molecule has 0 spiro atoms. The van der Waals surface area contributed by atoms with E-state index < -0.39 is 0 Å². The summed E-state index contributed by atoms with van der Waals surface area (Å²) in [6.07, 6.45) is 0.934. The number of hydrogen-bond acceptors (Lipinski definition) is 2. The first-order chi connectivity index (χ1) is 3.33. The highest BCUT2D eigenvalue weighted by molar-refractivity contribution is 4.89. The van der Waals surface area contributed by atoms with Gasteiger partial charge in [0.15, 0.2) is 0 Å². The molecule has 1 unspecified atom stereocenters. The average molecular weight is 102 g/mol. The predicted octanol–water partition coefficient (Wildman–Crippen LogP) is 0.158. The van der Waals surface area contributed by atoms with Crippen molar-refractivity contribution in [2.75, 3.05) is 13.2 Å². The van der Waals surface area contributed by atoms with Crippen LogP contribution in [0.15, 0.2) is 0 Å². The van der Waals surface area contributed by atoms with E-state index >= 15 is 0 Å². The Balaban J connectivity index is 2.28. The molecule has 1 aliphatic heterocycles. The van der Waals surface area contributed by atoms with Crippen LogP contribution in [0.3, 0.4) is 0 Å². The zero-order chi connectivity index (χ0) is 5.33. The number of aliphatic hydroxyl groups is 1. The van der Waals surface area contributed by atoms with Gasteiger partial charge < -0.3 is 9.84 Å². The van der Waals surface area contributed by atoms with Crippen molar-refractivity contribution in [2.45, 2.75) is 18.9 Å². The lowest BCUT2D eigenvalue weighted by molar-refractivity contribution is 0.168. The summed E-state index contributed by atoms with van der Waals surface area (Å²) < 4.78 is 4.94. The molecule has 1 heterocycles. The van der Waals surface area contributed by atoms with Gasteiger partial charge in [-0.05, 0) is 6.42 Å². The van der Waals surface area contributed by atoms with Crippen LogP contribution in [0.25, 0.3) is 0 Å². The molecule has 0 amide bonds. The van der Waals surface area contributed by atoms with Crippen LogP contribution >= 0.6 is 0 Å². The molecule has 0 saturated carbocycles. The van der Waals surface area contributed by atoms with Gasteiger partial charge in [0, 0.05) is 0 Å². The van der Waals surface area contributed by atoms with E-state index in [4.69, 9.17) is 9.84 Å². The van der Waals surface area contributed by atoms with E-state index in [1.807, 2.05) is 6.92 Å². The van der Waals surface area contributed by atoms with Gasteiger partial charge in [-0.15, -0.1) is 0 Å². The summed E-state index contributed by atoms with van der Waals surface area (Å²) in [5.41, 5.74) is -0.111. The Kier molecular flexibility index (Phi) is 1.05. The summed E-state index contributed by atoms with van der Waals surface area (Å²) >= 11 is 0.